The van der Waals surface area contributed by atoms with Crippen molar-refractivity contribution in [3.05, 3.63) is 118 Å². The molecular weight excluding hydrogens is 356 g/mol. The number of fused-ring (bicyclic) bond motifs is 3. The van der Waals surface area contributed by atoms with E-state index in [1.54, 1.807) is 24.3 Å². The zero-order valence-corrected chi connectivity index (χ0v) is 16.5. The van der Waals surface area contributed by atoms with Crippen molar-refractivity contribution in [3.63, 3.8) is 0 Å². The van der Waals surface area contributed by atoms with Gasteiger partial charge < -0.3 is 10.2 Å². The lowest BCUT2D eigenvalue weighted by atomic mass is 9.66. The lowest BCUT2D eigenvalue weighted by Crippen LogP contribution is -2.29. The molecule has 0 aromatic heterocycles. The highest BCUT2D eigenvalue weighted by molar-refractivity contribution is 5.89. The van der Waals surface area contributed by atoms with E-state index in [9.17, 15) is 10.2 Å². The molecule has 4 aromatic carbocycles. The minimum absolute atomic E-state index is 0.252. The number of benzene rings is 4. The Kier molecular flexibility index (Phi) is 3.78. The van der Waals surface area contributed by atoms with Gasteiger partial charge in [0.2, 0.25) is 0 Å². The zero-order valence-electron chi connectivity index (χ0n) is 16.5. The number of aryl methyl sites for hydroxylation is 2. The average molecular weight is 378 g/mol. The fourth-order valence-electron chi connectivity index (χ4n) is 5.04. The molecule has 2 N–H and O–H groups in total. The number of aromatic hydroxyl groups is 2. The molecule has 1 aliphatic rings. The smallest absolute Gasteiger partial charge is 0.115 e. The molecule has 0 heterocycles. The van der Waals surface area contributed by atoms with Gasteiger partial charge in [0.05, 0.1) is 5.41 Å². The molecule has 142 valence electrons. The van der Waals surface area contributed by atoms with Gasteiger partial charge in [-0.1, -0.05) is 60.7 Å². The quantitative estimate of drug-likeness (QED) is 0.391. The Hall–Kier alpha value is -3.52. The van der Waals surface area contributed by atoms with Crippen molar-refractivity contribution in [2.75, 3.05) is 0 Å². The molecule has 0 unspecified atom stereocenters. The summed E-state index contributed by atoms with van der Waals surface area (Å²) in [6.07, 6.45) is 0. The summed E-state index contributed by atoms with van der Waals surface area (Å²) in [5.41, 5.74) is 9.17. The second-order valence-electron chi connectivity index (χ2n) is 7.84. The topological polar surface area (TPSA) is 40.5 Å². The van der Waals surface area contributed by atoms with E-state index in [1.165, 1.54) is 33.4 Å². The molecule has 1 aliphatic carbocycles. The summed E-state index contributed by atoms with van der Waals surface area (Å²) in [5, 5.41) is 19.9. The van der Waals surface area contributed by atoms with Crippen molar-refractivity contribution in [3.8, 4) is 22.6 Å². The van der Waals surface area contributed by atoms with Crippen LogP contribution in [0.4, 0.5) is 0 Å². The summed E-state index contributed by atoms with van der Waals surface area (Å²) in [4.78, 5) is 0. The molecule has 0 bridgehead atoms. The van der Waals surface area contributed by atoms with Crippen LogP contribution in [0.1, 0.15) is 33.4 Å². The van der Waals surface area contributed by atoms with Gasteiger partial charge in [-0.2, -0.15) is 0 Å². The van der Waals surface area contributed by atoms with E-state index in [1.807, 2.05) is 24.3 Å². The van der Waals surface area contributed by atoms with Crippen LogP contribution in [0.3, 0.4) is 0 Å². The Morgan fingerprint density at radius 2 is 1.10 bits per heavy atom. The first-order chi connectivity index (χ1) is 14.0. The largest absolute Gasteiger partial charge is 0.508 e. The van der Waals surface area contributed by atoms with Gasteiger partial charge in [0.1, 0.15) is 11.5 Å². The summed E-state index contributed by atoms with van der Waals surface area (Å²) in [6, 6.07) is 28.0. The van der Waals surface area contributed by atoms with E-state index in [0.717, 1.165) is 11.1 Å². The van der Waals surface area contributed by atoms with Crippen LogP contribution < -0.4 is 0 Å². The molecule has 2 heteroatoms. The van der Waals surface area contributed by atoms with Crippen LogP contribution >= 0.6 is 0 Å². The first-order valence-electron chi connectivity index (χ1n) is 9.83. The van der Waals surface area contributed by atoms with E-state index in [0.29, 0.717) is 0 Å². The summed E-state index contributed by atoms with van der Waals surface area (Å²) in [5.74, 6) is 0.504. The van der Waals surface area contributed by atoms with Crippen LogP contribution in [0.15, 0.2) is 84.9 Å². The fraction of sp³-hybridized carbons (Fsp3) is 0.111. The SMILES string of the molecule is Cc1cccc2c1-c1cccc(C)c1C2(c1ccc(O)cc1)c1ccc(O)cc1. The van der Waals surface area contributed by atoms with Crippen molar-refractivity contribution < 1.29 is 10.2 Å². The van der Waals surface area contributed by atoms with Crippen molar-refractivity contribution in [1.29, 1.82) is 0 Å². The maximum absolute atomic E-state index is 9.95. The number of phenols is 2. The van der Waals surface area contributed by atoms with Crippen molar-refractivity contribution in [2.45, 2.75) is 19.3 Å². The minimum atomic E-state index is -0.510. The summed E-state index contributed by atoms with van der Waals surface area (Å²) in [6.45, 7) is 4.32. The highest BCUT2D eigenvalue weighted by atomic mass is 16.3. The predicted molar refractivity (Wildman–Crippen MR) is 117 cm³/mol. The van der Waals surface area contributed by atoms with Gasteiger partial charge in [0.15, 0.2) is 0 Å². The second kappa shape index (κ2) is 6.25. The first kappa shape index (κ1) is 17.6. The molecule has 2 nitrogen and oxygen atoms in total. The van der Waals surface area contributed by atoms with Crippen LogP contribution in [0, 0.1) is 13.8 Å². The van der Waals surface area contributed by atoms with Crippen LogP contribution in [-0.2, 0) is 5.41 Å². The average Bonchev–Trinajstić information content (AvgIpc) is 3.03. The van der Waals surface area contributed by atoms with Crippen molar-refractivity contribution in [1.82, 2.24) is 0 Å². The van der Waals surface area contributed by atoms with Gasteiger partial charge in [-0.15, -0.1) is 0 Å². The molecule has 0 radical (unpaired) electrons. The molecule has 0 saturated heterocycles. The van der Waals surface area contributed by atoms with Crippen molar-refractivity contribution in [2.24, 2.45) is 0 Å². The third kappa shape index (κ3) is 2.35. The van der Waals surface area contributed by atoms with E-state index in [-0.39, 0.29) is 11.5 Å². The molecular formula is C27H22O2. The molecule has 29 heavy (non-hydrogen) atoms. The summed E-state index contributed by atoms with van der Waals surface area (Å²) in [7, 11) is 0. The third-order valence-electron chi connectivity index (χ3n) is 6.19. The summed E-state index contributed by atoms with van der Waals surface area (Å²) >= 11 is 0. The Labute approximate surface area is 170 Å². The Morgan fingerprint density at radius 3 is 1.69 bits per heavy atom. The van der Waals surface area contributed by atoms with E-state index in [2.05, 4.69) is 50.2 Å². The standard InChI is InChI=1S/C27H22O2/c1-17-5-4-8-24-25(17)23-7-3-6-18(2)26(23)27(24,19-9-13-21(28)14-10-19)20-11-15-22(29)16-12-20/h3-16,28-29H,1-2H3. The first-order valence-corrected chi connectivity index (χ1v) is 9.83. The van der Waals surface area contributed by atoms with E-state index < -0.39 is 5.41 Å². The van der Waals surface area contributed by atoms with Crippen LogP contribution in [-0.4, -0.2) is 10.2 Å². The molecule has 0 atom stereocenters. The predicted octanol–water partition coefficient (Wildman–Crippen LogP) is 6.08. The van der Waals surface area contributed by atoms with Gasteiger partial charge in [-0.25, -0.2) is 0 Å². The third-order valence-corrected chi connectivity index (χ3v) is 6.19. The highest BCUT2D eigenvalue weighted by Gasteiger charge is 2.47. The molecule has 0 saturated carbocycles. The van der Waals surface area contributed by atoms with Gasteiger partial charge >= 0.3 is 0 Å². The number of rotatable bonds is 2. The monoisotopic (exact) mass is 378 g/mol. The lowest BCUT2D eigenvalue weighted by molar-refractivity contribution is 0.474. The number of phenolic OH excluding ortho intramolecular Hbond substituents is 2. The molecule has 5 rings (SSSR count). The maximum atomic E-state index is 9.95. The Balaban J connectivity index is 2.00. The molecule has 0 fully saturated rings. The van der Waals surface area contributed by atoms with Gasteiger partial charge in [-0.05, 0) is 82.6 Å². The number of hydrogen-bond acceptors (Lipinski definition) is 2. The Bertz CT molecular complexity index is 1170. The molecule has 4 aromatic rings. The molecule has 0 spiro atoms. The number of hydrogen-bond donors (Lipinski definition) is 2. The summed E-state index contributed by atoms with van der Waals surface area (Å²) < 4.78 is 0. The van der Waals surface area contributed by atoms with E-state index >= 15 is 0 Å². The van der Waals surface area contributed by atoms with Crippen LogP contribution in [0.25, 0.3) is 11.1 Å². The minimum Gasteiger partial charge on any atom is -0.508 e. The fourth-order valence-corrected chi connectivity index (χ4v) is 5.04. The Morgan fingerprint density at radius 1 is 0.586 bits per heavy atom. The molecule has 0 amide bonds. The zero-order chi connectivity index (χ0) is 20.2. The van der Waals surface area contributed by atoms with Gasteiger partial charge in [0, 0.05) is 0 Å². The normalized spacial score (nSPS) is 13.7. The molecule has 0 aliphatic heterocycles. The lowest BCUT2D eigenvalue weighted by Gasteiger charge is -2.35. The maximum Gasteiger partial charge on any atom is 0.115 e. The second-order valence-corrected chi connectivity index (χ2v) is 7.84. The van der Waals surface area contributed by atoms with E-state index in [4.69, 9.17) is 0 Å². The van der Waals surface area contributed by atoms with Gasteiger partial charge in [0.25, 0.3) is 0 Å². The van der Waals surface area contributed by atoms with Gasteiger partial charge in [-0.3, -0.25) is 0 Å². The highest BCUT2D eigenvalue weighted by Crippen LogP contribution is 2.57. The van der Waals surface area contributed by atoms with Crippen LogP contribution in [0.5, 0.6) is 11.5 Å². The van der Waals surface area contributed by atoms with Crippen LogP contribution in [0.2, 0.25) is 0 Å². The van der Waals surface area contributed by atoms with Crippen molar-refractivity contribution >= 4 is 0 Å².